The second-order valence-electron chi connectivity index (χ2n) is 7.08. The van der Waals surface area contributed by atoms with Crippen LogP contribution < -0.4 is 0 Å². The number of amides is 1. The molecule has 6 nitrogen and oxygen atoms in total. The van der Waals surface area contributed by atoms with Crippen LogP contribution in [0, 0.1) is 0 Å². The SMILES string of the molecule is CC(C)n1ncc2cc(C(=O)N3CCO[C@@H]4CCCC[C@H]43)cnc21. The molecule has 1 saturated carbocycles. The molecule has 0 bridgehead atoms. The van der Waals surface area contributed by atoms with E-state index in [1.807, 2.05) is 15.6 Å². The standard InChI is InChI=1S/C18H24N4O2/c1-12(2)22-17-13(11-20-22)9-14(10-19-17)18(23)21-7-8-24-16-6-4-3-5-15(16)21/h9-12,15-16H,3-8H2,1-2H3/t15-,16-/m1/s1. The Labute approximate surface area is 141 Å². The number of pyridine rings is 1. The van der Waals surface area contributed by atoms with Crippen LogP contribution in [0.1, 0.15) is 55.9 Å². The third-order valence-electron chi connectivity index (χ3n) is 5.16. The lowest BCUT2D eigenvalue weighted by atomic mass is 9.90. The van der Waals surface area contributed by atoms with Crippen LogP contribution in [0.25, 0.3) is 11.0 Å². The average Bonchev–Trinajstić information content (AvgIpc) is 3.04. The quantitative estimate of drug-likeness (QED) is 0.850. The molecule has 1 aliphatic carbocycles. The molecule has 0 radical (unpaired) electrons. The van der Waals surface area contributed by atoms with Gasteiger partial charge in [-0.05, 0) is 32.8 Å². The monoisotopic (exact) mass is 328 g/mol. The van der Waals surface area contributed by atoms with Crippen molar-refractivity contribution in [3.63, 3.8) is 0 Å². The van der Waals surface area contributed by atoms with E-state index in [9.17, 15) is 4.79 Å². The fourth-order valence-electron chi connectivity index (χ4n) is 3.95. The highest BCUT2D eigenvalue weighted by molar-refractivity contribution is 5.97. The molecule has 0 N–H and O–H groups in total. The summed E-state index contributed by atoms with van der Waals surface area (Å²) in [7, 11) is 0. The molecule has 2 aromatic rings. The van der Waals surface area contributed by atoms with Gasteiger partial charge in [-0.3, -0.25) is 4.79 Å². The van der Waals surface area contributed by atoms with E-state index >= 15 is 0 Å². The second kappa shape index (κ2) is 6.16. The highest BCUT2D eigenvalue weighted by atomic mass is 16.5. The summed E-state index contributed by atoms with van der Waals surface area (Å²) in [5.74, 6) is 0.0712. The van der Waals surface area contributed by atoms with Gasteiger partial charge in [0.15, 0.2) is 5.65 Å². The zero-order chi connectivity index (χ0) is 16.7. The molecule has 4 rings (SSSR count). The lowest BCUT2D eigenvalue weighted by Crippen LogP contribution is -2.54. The van der Waals surface area contributed by atoms with Gasteiger partial charge in [0.25, 0.3) is 5.91 Å². The summed E-state index contributed by atoms with van der Waals surface area (Å²) < 4.78 is 7.76. The number of aromatic nitrogens is 3. The van der Waals surface area contributed by atoms with Gasteiger partial charge in [0.2, 0.25) is 0 Å². The van der Waals surface area contributed by atoms with E-state index in [2.05, 4.69) is 23.9 Å². The number of carbonyl (C=O) groups excluding carboxylic acids is 1. The summed E-state index contributed by atoms with van der Waals surface area (Å²) in [5.41, 5.74) is 1.48. The van der Waals surface area contributed by atoms with E-state index in [0.717, 1.165) is 23.9 Å². The minimum absolute atomic E-state index is 0.0712. The third-order valence-corrected chi connectivity index (χ3v) is 5.16. The van der Waals surface area contributed by atoms with Crippen molar-refractivity contribution >= 4 is 16.9 Å². The summed E-state index contributed by atoms with van der Waals surface area (Å²) in [4.78, 5) is 19.5. The van der Waals surface area contributed by atoms with Gasteiger partial charge < -0.3 is 9.64 Å². The number of ether oxygens (including phenoxy) is 1. The first kappa shape index (κ1) is 15.6. The Bertz CT molecular complexity index is 753. The minimum atomic E-state index is 0.0712. The molecule has 2 atom stereocenters. The van der Waals surface area contributed by atoms with E-state index < -0.39 is 0 Å². The molecule has 2 fully saturated rings. The molecule has 0 unspecified atom stereocenters. The van der Waals surface area contributed by atoms with E-state index in [-0.39, 0.29) is 24.1 Å². The number of carbonyl (C=O) groups is 1. The van der Waals surface area contributed by atoms with Crippen molar-refractivity contribution in [2.45, 2.75) is 57.7 Å². The molecule has 3 heterocycles. The van der Waals surface area contributed by atoms with Crippen molar-refractivity contribution < 1.29 is 9.53 Å². The predicted octanol–water partition coefficient (Wildman–Crippen LogP) is 2.80. The lowest BCUT2D eigenvalue weighted by molar-refractivity contribution is -0.0752. The summed E-state index contributed by atoms with van der Waals surface area (Å²) in [5, 5.41) is 5.30. The summed E-state index contributed by atoms with van der Waals surface area (Å²) in [6.07, 6.45) is 8.17. The van der Waals surface area contributed by atoms with Gasteiger partial charge in [-0.25, -0.2) is 9.67 Å². The molecule has 6 heteroatoms. The Morgan fingerprint density at radius 1 is 1.29 bits per heavy atom. The van der Waals surface area contributed by atoms with Gasteiger partial charge in [-0.15, -0.1) is 0 Å². The maximum Gasteiger partial charge on any atom is 0.255 e. The predicted molar refractivity (Wildman–Crippen MR) is 90.9 cm³/mol. The van der Waals surface area contributed by atoms with E-state index in [4.69, 9.17) is 4.74 Å². The van der Waals surface area contributed by atoms with Crippen molar-refractivity contribution in [1.29, 1.82) is 0 Å². The highest BCUT2D eigenvalue weighted by Crippen LogP contribution is 2.29. The normalized spacial score (nSPS) is 24.4. The Morgan fingerprint density at radius 2 is 2.12 bits per heavy atom. The van der Waals surface area contributed by atoms with E-state index in [1.165, 1.54) is 12.8 Å². The van der Waals surface area contributed by atoms with Crippen LogP contribution in [0.2, 0.25) is 0 Å². The van der Waals surface area contributed by atoms with Gasteiger partial charge in [0.05, 0.1) is 30.5 Å². The van der Waals surface area contributed by atoms with Gasteiger partial charge in [-0.2, -0.15) is 5.10 Å². The van der Waals surface area contributed by atoms with Gasteiger partial charge in [0.1, 0.15) is 0 Å². The molecular formula is C18H24N4O2. The van der Waals surface area contributed by atoms with Crippen molar-refractivity contribution in [3.05, 3.63) is 24.0 Å². The topological polar surface area (TPSA) is 60.2 Å². The van der Waals surface area contributed by atoms with Crippen molar-refractivity contribution in [2.24, 2.45) is 0 Å². The smallest absolute Gasteiger partial charge is 0.255 e. The van der Waals surface area contributed by atoms with Gasteiger partial charge >= 0.3 is 0 Å². The Balaban J connectivity index is 1.62. The molecule has 2 aliphatic rings. The Morgan fingerprint density at radius 3 is 2.96 bits per heavy atom. The molecule has 0 spiro atoms. The largest absolute Gasteiger partial charge is 0.374 e. The number of fused-ring (bicyclic) bond motifs is 2. The van der Waals surface area contributed by atoms with Crippen LogP contribution in [-0.2, 0) is 4.74 Å². The summed E-state index contributed by atoms with van der Waals surface area (Å²) in [6.45, 7) is 5.45. The van der Waals surface area contributed by atoms with Crippen LogP contribution in [0.15, 0.2) is 18.5 Å². The van der Waals surface area contributed by atoms with Crippen LogP contribution in [0.5, 0.6) is 0 Å². The number of nitrogens with zero attached hydrogens (tertiary/aromatic N) is 4. The summed E-state index contributed by atoms with van der Waals surface area (Å²) in [6, 6.07) is 2.39. The summed E-state index contributed by atoms with van der Waals surface area (Å²) >= 11 is 0. The van der Waals surface area contributed by atoms with Crippen LogP contribution >= 0.6 is 0 Å². The van der Waals surface area contributed by atoms with E-state index in [0.29, 0.717) is 18.7 Å². The molecule has 24 heavy (non-hydrogen) atoms. The van der Waals surface area contributed by atoms with Crippen LogP contribution in [0.4, 0.5) is 0 Å². The molecular weight excluding hydrogens is 304 g/mol. The fraction of sp³-hybridized carbons (Fsp3) is 0.611. The third kappa shape index (κ3) is 2.59. The van der Waals surface area contributed by atoms with E-state index in [1.54, 1.807) is 12.4 Å². The van der Waals surface area contributed by atoms with Gasteiger partial charge in [0, 0.05) is 24.2 Å². The number of morpholine rings is 1. The molecule has 128 valence electrons. The number of rotatable bonds is 2. The number of hydrogen-bond acceptors (Lipinski definition) is 4. The molecule has 1 saturated heterocycles. The molecule has 1 amide bonds. The molecule has 1 aliphatic heterocycles. The Kier molecular flexibility index (Phi) is 4.00. The van der Waals surface area contributed by atoms with Gasteiger partial charge in [-0.1, -0.05) is 12.8 Å². The second-order valence-corrected chi connectivity index (χ2v) is 7.08. The van der Waals surface area contributed by atoms with Crippen molar-refractivity contribution in [2.75, 3.05) is 13.2 Å². The maximum absolute atomic E-state index is 13.0. The zero-order valence-corrected chi connectivity index (χ0v) is 14.3. The Hall–Kier alpha value is -1.95. The fourth-order valence-corrected chi connectivity index (χ4v) is 3.95. The minimum Gasteiger partial charge on any atom is -0.374 e. The average molecular weight is 328 g/mol. The first-order valence-electron chi connectivity index (χ1n) is 8.91. The first-order chi connectivity index (χ1) is 11.6. The maximum atomic E-state index is 13.0. The number of hydrogen-bond donors (Lipinski definition) is 0. The highest BCUT2D eigenvalue weighted by Gasteiger charge is 2.37. The molecule has 0 aromatic carbocycles. The van der Waals surface area contributed by atoms with Crippen LogP contribution in [0.3, 0.4) is 0 Å². The molecule has 2 aromatic heterocycles. The zero-order valence-electron chi connectivity index (χ0n) is 14.3. The van der Waals surface area contributed by atoms with Crippen LogP contribution in [-0.4, -0.2) is 50.9 Å². The first-order valence-corrected chi connectivity index (χ1v) is 8.91. The van der Waals surface area contributed by atoms with Crippen molar-refractivity contribution in [1.82, 2.24) is 19.7 Å². The van der Waals surface area contributed by atoms with Crippen molar-refractivity contribution in [3.8, 4) is 0 Å². The lowest BCUT2D eigenvalue weighted by Gasteiger charge is -2.43.